The van der Waals surface area contributed by atoms with Crippen molar-refractivity contribution >= 4 is 16.6 Å². The van der Waals surface area contributed by atoms with E-state index < -0.39 is 0 Å². The lowest BCUT2D eigenvalue weighted by atomic mass is 9.98. The number of rotatable bonds is 3. The molecule has 0 unspecified atom stereocenters. The smallest absolute Gasteiger partial charge is 0.103 e. The number of nitrogens with one attached hydrogen (secondary N) is 1. The quantitative estimate of drug-likeness (QED) is 0.889. The first kappa shape index (κ1) is 12.4. The minimum absolute atomic E-state index is 0.420. The molecule has 0 bridgehead atoms. The lowest BCUT2D eigenvalue weighted by molar-refractivity contribution is 0.873. The highest BCUT2D eigenvalue weighted by atomic mass is 14.9. The maximum absolute atomic E-state index is 9.15. The number of aromatic nitrogens is 1. The van der Waals surface area contributed by atoms with Crippen molar-refractivity contribution in [3.05, 3.63) is 35.5 Å². The number of nitrogens with zero attached hydrogens (tertiary/aromatic N) is 2. The van der Waals surface area contributed by atoms with Gasteiger partial charge in [0.25, 0.3) is 0 Å². The van der Waals surface area contributed by atoms with Crippen LogP contribution in [0.25, 0.3) is 10.9 Å². The molecule has 0 aliphatic carbocycles. The Bertz CT molecular complexity index is 609. The van der Waals surface area contributed by atoms with E-state index in [1.807, 2.05) is 19.1 Å². The highest BCUT2D eigenvalue weighted by Gasteiger charge is 2.12. The summed E-state index contributed by atoms with van der Waals surface area (Å²) in [5.74, 6) is 0.420. The molecule has 2 aromatic rings. The second-order valence-electron chi connectivity index (χ2n) is 4.59. The second-order valence-corrected chi connectivity index (χ2v) is 4.59. The van der Waals surface area contributed by atoms with Gasteiger partial charge in [-0.3, -0.25) is 4.98 Å². The summed E-state index contributed by atoms with van der Waals surface area (Å²) in [4.78, 5) is 4.45. The molecular weight excluding hydrogens is 222 g/mol. The van der Waals surface area contributed by atoms with Crippen LogP contribution < -0.4 is 5.32 Å². The van der Waals surface area contributed by atoms with Gasteiger partial charge >= 0.3 is 0 Å². The van der Waals surface area contributed by atoms with E-state index in [0.717, 1.165) is 23.1 Å². The van der Waals surface area contributed by atoms with Crippen molar-refractivity contribution in [2.75, 3.05) is 11.9 Å². The zero-order valence-corrected chi connectivity index (χ0v) is 11.0. The van der Waals surface area contributed by atoms with Gasteiger partial charge in [0, 0.05) is 18.1 Å². The van der Waals surface area contributed by atoms with E-state index in [4.69, 9.17) is 5.26 Å². The normalized spacial score (nSPS) is 10.6. The van der Waals surface area contributed by atoms with Gasteiger partial charge in [0.1, 0.15) is 6.07 Å². The van der Waals surface area contributed by atoms with Crippen LogP contribution in [0.5, 0.6) is 0 Å². The molecule has 0 fully saturated rings. The van der Waals surface area contributed by atoms with E-state index in [-0.39, 0.29) is 0 Å². The maximum atomic E-state index is 9.15. The van der Waals surface area contributed by atoms with Gasteiger partial charge in [-0.05, 0) is 18.4 Å². The van der Waals surface area contributed by atoms with Gasteiger partial charge in [0.05, 0.1) is 16.8 Å². The SMILES string of the molecule is CCNc1c(C#N)cnc2c(C(C)C)cccc12. The summed E-state index contributed by atoms with van der Waals surface area (Å²) in [7, 11) is 0. The zero-order chi connectivity index (χ0) is 13.1. The fraction of sp³-hybridized carbons (Fsp3) is 0.333. The van der Waals surface area contributed by atoms with E-state index in [9.17, 15) is 0 Å². The summed E-state index contributed by atoms with van der Waals surface area (Å²) in [6, 6.07) is 8.35. The minimum Gasteiger partial charge on any atom is -0.384 e. The number of hydrogen-bond donors (Lipinski definition) is 1. The van der Waals surface area contributed by atoms with Gasteiger partial charge < -0.3 is 5.32 Å². The third-order valence-electron chi connectivity index (χ3n) is 3.02. The predicted molar refractivity (Wildman–Crippen MR) is 74.7 cm³/mol. The lowest BCUT2D eigenvalue weighted by Crippen LogP contribution is -2.02. The Morgan fingerprint density at radius 3 is 2.78 bits per heavy atom. The van der Waals surface area contributed by atoms with Gasteiger partial charge in [-0.25, -0.2) is 0 Å². The van der Waals surface area contributed by atoms with Crippen molar-refractivity contribution in [1.82, 2.24) is 4.98 Å². The molecule has 92 valence electrons. The Labute approximate surface area is 107 Å². The highest BCUT2D eigenvalue weighted by molar-refractivity contribution is 5.95. The van der Waals surface area contributed by atoms with E-state index >= 15 is 0 Å². The summed E-state index contributed by atoms with van der Waals surface area (Å²) in [5, 5.41) is 13.5. The molecule has 3 heteroatoms. The van der Waals surface area contributed by atoms with Crippen LogP contribution >= 0.6 is 0 Å². The average Bonchev–Trinajstić information content (AvgIpc) is 2.38. The average molecular weight is 239 g/mol. The molecule has 0 saturated heterocycles. The molecule has 0 amide bonds. The molecule has 0 atom stereocenters. The van der Waals surface area contributed by atoms with Crippen molar-refractivity contribution in [2.45, 2.75) is 26.7 Å². The standard InChI is InChI=1S/C15H17N3/c1-4-17-14-11(8-16)9-18-15-12(10(2)3)6-5-7-13(14)15/h5-7,9-10H,4H2,1-3H3,(H,17,18). The molecule has 18 heavy (non-hydrogen) atoms. The predicted octanol–water partition coefficient (Wildman–Crippen LogP) is 3.66. The third-order valence-corrected chi connectivity index (χ3v) is 3.02. The Kier molecular flexibility index (Phi) is 3.47. The highest BCUT2D eigenvalue weighted by Crippen LogP contribution is 2.30. The first-order valence-corrected chi connectivity index (χ1v) is 6.24. The van der Waals surface area contributed by atoms with Crippen LogP contribution in [0.3, 0.4) is 0 Å². The van der Waals surface area contributed by atoms with Crippen LogP contribution in [0.4, 0.5) is 5.69 Å². The van der Waals surface area contributed by atoms with Gasteiger partial charge in [0.15, 0.2) is 0 Å². The molecule has 1 N–H and O–H groups in total. The summed E-state index contributed by atoms with van der Waals surface area (Å²) in [5.41, 5.74) is 3.70. The van der Waals surface area contributed by atoms with Crippen LogP contribution in [0.2, 0.25) is 0 Å². The molecule has 2 rings (SSSR count). The lowest BCUT2D eigenvalue weighted by Gasteiger charge is -2.13. The number of nitriles is 1. The van der Waals surface area contributed by atoms with Crippen molar-refractivity contribution in [1.29, 1.82) is 5.26 Å². The maximum Gasteiger partial charge on any atom is 0.103 e. The Hall–Kier alpha value is -2.08. The van der Waals surface area contributed by atoms with Crippen molar-refractivity contribution < 1.29 is 0 Å². The summed E-state index contributed by atoms with van der Waals surface area (Å²) < 4.78 is 0. The Balaban J connectivity index is 2.78. The first-order chi connectivity index (χ1) is 8.69. The van der Waals surface area contributed by atoms with Crippen LogP contribution in [-0.2, 0) is 0 Å². The Morgan fingerprint density at radius 2 is 2.17 bits per heavy atom. The molecule has 0 aliphatic heterocycles. The van der Waals surface area contributed by atoms with Gasteiger partial charge in [-0.1, -0.05) is 32.0 Å². The first-order valence-electron chi connectivity index (χ1n) is 6.24. The molecular formula is C15H17N3. The van der Waals surface area contributed by atoms with E-state index in [1.54, 1.807) is 6.20 Å². The molecule has 0 spiro atoms. The molecule has 0 radical (unpaired) electrons. The summed E-state index contributed by atoms with van der Waals surface area (Å²) in [6.45, 7) is 7.13. The molecule has 1 heterocycles. The van der Waals surface area contributed by atoms with Crippen LogP contribution in [0, 0.1) is 11.3 Å². The molecule has 0 aliphatic rings. The third kappa shape index (κ3) is 2.02. The summed E-state index contributed by atoms with van der Waals surface area (Å²) >= 11 is 0. The monoisotopic (exact) mass is 239 g/mol. The number of pyridine rings is 1. The van der Waals surface area contributed by atoms with Crippen LogP contribution in [-0.4, -0.2) is 11.5 Å². The minimum atomic E-state index is 0.420. The zero-order valence-electron chi connectivity index (χ0n) is 11.0. The fourth-order valence-electron chi connectivity index (χ4n) is 2.16. The summed E-state index contributed by atoms with van der Waals surface area (Å²) in [6.07, 6.45) is 1.66. The van der Waals surface area contributed by atoms with Crippen LogP contribution in [0.15, 0.2) is 24.4 Å². The molecule has 1 aromatic carbocycles. The van der Waals surface area contributed by atoms with Crippen molar-refractivity contribution in [2.24, 2.45) is 0 Å². The van der Waals surface area contributed by atoms with E-state index in [1.165, 1.54) is 5.56 Å². The molecule has 0 saturated carbocycles. The fourth-order valence-corrected chi connectivity index (χ4v) is 2.16. The molecule has 3 nitrogen and oxygen atoms in total. The van der Waals surface area contributed by atoms with E-state index in [0.29, 0.717) is 11.5 Å². The van der Waals surface area contributed by atoms with Gasteiger partial charge in [0.2, 0.25) is 0 Å². The molecule has 1 aromatic heterocycles. The number of anilines is 1. The topological polar surface area (TPSA) is 48.7 Å². The van der Waals surface area contributed by atoms with E-state index in [2.05, 4.69) is 36.3 Å². The largest absolute Gasteiger partial charge is 0.384 e. The van der Waals surface area contributed by atoms with Crippen molar-refractivity contribution in [3.63, 3.8) is 0 Å². The Morgan fingerprint density at radius 1 is 1.39 bits per heavy atom. The van der Waals surface area contributed by atoms with Gasteiger partial charge in [-0.15, -0.1) is 0 Å². The van der Waals surface area contributed by atoms with Crippen molar-refractivity contribution in [3.8, 4) is 6.07 Å². The second kappa shape index (κ2) is 5.05. The van der Waals surface area contributed by atoms with Crippen LogP contribution in [0.1, 0.15) is 37.8 Å². The number of hydrogen-bond acceptors (Lipinski definition) is 3. The van der Waals surface area contributed by atoms with Gasteiger partial charge in [-0.2, -0.15) is 5.26 Å². The number of benzene rings is 1. The number of para-hydroxylation sites is 1. The number of fused-ring (bicyclic) bond motifs is 1.